The van der Waals surface area contributed by atoms with Gasteiger partial charge in [-0.25, -0.2) is 9.59 Å². The Kier molecular flexibility index (Phi) is 6.38. The summed E-state index contributed by atoms with van der Waals surface area (Å²) in [6, 6.07) is 11.9. The summed E-state index contributed by atoms with van der Waals surface area (Å²) in [6.07, 6.45) is 0. The lowest BCUT2D eigenvalue weighted by molar-refractivity contribution is -0.384. The van der Waals surface area contributed by atoms with Gasteiger partial charge in [0.15, 0.2) is 6.61 Å². The molecule has 170 valence electrons. The van der Waals surface area contributed by atoms with Gasteiger partial charge in [-0.05, 0) is 11.6 Å². The molecule has 0 fully saturated rings. The zero-order valence-corrected chi connectivity index (χ0v) is 17.4. The van der Waals surface area contributed by atoms with Crippen LogP contribution >= 0.6 is 0 Å². The normalized spacial score (nSPS) is 10.6. The number of anilines is 2. The summed E-state index contributed by atoms with van der Waals surface area (Å²) in [6.45, 7) is -0.895. The van der Waals surface area contributed by atoms with E-state index in [0.717, 1.165) is 27.3 Å². The van der Waals surface area contributed by atoms with Gasteiger partial charge in [-0.15, -0.1) is 0 Å². The van der Waals surface area contributed by atoms with Gasteiger partial charge in [0, 0.05) is 24.9 Å². The summed E-state index contributed by atoms with van der Waals surface area (Å²) >= 11 is 0. The number of aromatic nitrogens is 2. The number of nitro groups is 1. The third kappa shape index (κ3) is 4.63. The van der Waals surface area contributed by atoms with Crippen LogP contribution in [-0.4, -0.2) is 32.4 Å². The SMILES string of the molecule is Cn1c(=O)c(C(=O)COC(=O)c2cc([N+](=O)[O-])ccc2N)c(N)n(Cc2ccccc2)c1=O. The van der Waals surface area contributed by atoms with E-state index in [1.165, 1.54) is 7.05 Å². The standard InChI is InChI=1S/C21H19N5O7/c1-24-19(28)17(18(23)25(21(24)30)10-12-5-3-2-4-6-12)16(27)11-33-20(29)14-9-13(26(31)32)7-8-15(14)22/h2-9H,10-11,22-23H2,1H3. The van der Waals surface area contributed by atoms with Crippen molar-refractivity contribution in [2.45, 2.75) is 6.54 Å². The molecule has 0 radical (unpaired) electrons. The highest BCUT2D eigenvalue weighted by Crippen LogP contribution is 2.20. The Morgan fingerprint density at radius 3 is 2.39 bits per heavy atom. The number of rotatable bonds is 7. The number of esters is 1. The number of nitrogens with two attached hydrogens (primary N) is 2. The number of carbonyl (C=O) groups excluding carboxylic acids is 2. The minimum atomic E-state index is -1.10. The fraction of sp³-hybridized carbons (Fsp3) is 0.143. The van der Waals surface area contributed by atoms with Crippen LogP contribution in [0.2, 0.25) is 0 Å². The van der Waals surface area contributed by atoms with E-state index >= 15 is 0 Å². The maximum absolute atomic E-state index is 12.7. The quantitative estimate of drug-likeness (QED) is 0.171. The first-order chi connectivity index (χ1) is 15.6. The molecule has 12 nitrogen and oxygen atoms in total. The van der Waals surface area contributed by atoms with Crippen molar-refractivity contribution in [3.05, 3.63) is 96.2 Å². The Balaban J connectivity index is 1.89. The van der Waals surface area contributed by atoms with E-state index in [1.54, 1.807) is 30.3 Å². The molecule has 3 rings (SSSR count). The number of nitro benzene ring substituents is 1. The molecule has 1 heterocycles. The molecule has 12 heteroatoms. The molecule has 3 aromatic rings. The highest BCUT2D eigenvalue weighted by molar-refractivity contribution is 6.03. The second-order valence-corrected chi connectivity index (χ2v) is 7.01. The lowest BCUT2D eigenvalue weighted by Crippen LogP contribution is -2.43. The lowest BCUT2D eigenvalue weighted by atomic mass is 10.1. The Labute approximate surface area is 185 Å². The maximum Gasteiger partial charge on any atom is 0.340 e. The van der Waals surface area contributed by atoms with Crippen molar-refractivity contribution in [1.29, 1.82) is 0 Å². The average molecular weight is 453 g/mol. The van der Waals surface area contributed by atoms with Crippen LogP contribution in [0.3, 0.4) is 0 Å². The first-order valence-corrected chi connectivity index (χ1v) is 9.49. The van der Waals surface area contributed by atoms with Crippen LogP contribution in [0.4, 0.5) is 17.2 Å². The fourth-order valence-corrected chi connectivity index (χ4v) is 3.08. The van der Waals surface area contributed by atoms with E-state index in [2.05, 4.69) is 0 Å². The molecule has 2 aromatic carbocycles. The van der Waals surface area contributed by atoms with Gasteiger partial charge in [0.1, 0.15) is 11.4 Å². The van der Waals surface area contributed by atoms with Crippen molar-refractivity contribution < 1.29 is 19.2 Å². The largest absolute Gasteiger partial charge is 0.454 e. The zero-order chi connectivity index (χ0) is 24.3. The van der Waals surface area contributed by atoms with Crippen LogP contribution in [0.1, 0.15) is 26.3 Å². The predicted octanol–water partition coefficient (Wildman–Crippen LogP) is 0.708. The zero-order valence-electron chi connectivity index (χ0n) is 17.4. The van der Waals surface area contributed by atoms with Crippen LogP contribution in [0.5, 0.6) is 0 Å². The third-order valence-corrected chi connectivity index (χ3v) is 4.85. The second-order valence-electron chi connectivity index (χ2n) is 7.01. The van der Waals surface area contributed by atoms with Crippen LogP contribution in [0.25, 0.3) is 0 Å². The summed E-state index contributed by atoms with van der Waals surface area (Å²) < 4.78 is 6.70. The molecule has 0 unspecified atom stereocenters. The van der Waals surface area contributed by atoms with Crippen molar-refractivity contribution >= 4 is 28.9 Å². The molecule has 0 aliphatic heterocycles. The van der Waals surface area contributed by atoms with E-state index < -0.39 is 45.8 Å². The monoisotopic (exact) mass is 453 g/mol. The minimum Gasteiger partial charge on any atom is -0.454 e. The van der Waals surface area contributed by atoms with Crippen molar-refractivity contribution in [1.82, 2.24) is 9.13 Å². The number of carbonyl (C=O) groups is 2. The van der Waals surface area contributed by atoms with Gasteiger partial charge in [-0.3, -0.25) is 28.8 Å². The summed E-state index contributed by atoms with van der Waals surface area (Å²) in [7, 11) is 1.19. The number of benzene rings is 2. The van der Waals surface area contributed by atoms with Crippen LogP contribution in [0, 0.1) is 10.1 Å². The van der Waals surface area contributed by atoms with E-state index in [0.29, 0.717) is 5.56 Å². The molecular formula is C21H19N5O7. The van der Waals surface area contributed by atoms with E-state index in [9.17, 15) is 29.3 Å². The highest BCUT2D eigenvalue weighted by atomic mass is 16.6. The van der Waals surface area contributed by atoms with E-state index in [4.69, 9.17) is 16.2 Å². The summed E-state index contributed by atoms with van der Waals surface area (Å²) in [5.74, 6) is -2.42. The van der Waals surface area contributed by atoms with Gasteiger partial charge in [0.25, 0.3) is 11.2 Å². The third-order valence-electron chi connectivity index (χ3n) is 4.85. The Hall–Kier alpha value is -4.74. The number of non-ortho nitro benzene ring substituents is 1. The van der Waals surface area contributed by atoms with Gasteiger partial charge >= 0.3 is 11.7 Å². The molecule has 0 bridgehead atoms. The number of nitrogen functional groups attached to an aromatic ring is 2. The number of Topliss-reactive ketones (excluding diaryl/α,β-unsaturated/α-hetero) is 1. The molecule has 0 amide bonds. The lowest BCUT2D eigenvalue weighted by Gasteiger charge is -2.15. The van der Waals surface area contributed by atoms with E-state index in [1.807, 2.05) is 0 Å². The van der Waals surface area contributed by atoms with Crippen molar-refractivity contribution in [3.63, 3.8) is 0 Å². The van der Waals surface area contributed by atoms with Gasteiger partial charge < -0.3 is 16.2 Å². The number of ketones is 1. The molecule has 4 N–H and O–H groups in total. The molecule has 0 atom stereocenters. The Morgan fingerprint density at radius 1 is 1.09 bits per heavy atom. The molecule has 0 aliphatic rings. The first-order valence-electron chi connectivity index (χ1n) is 9.49. The number of ether oxygens (including phenoxy) is 1. The predicted molar refractivity (Wildman–Crippen MR) is 118 cm³/mol. The summed E-state index contributed by atoms with van der Waals surface area (Å²) in [5.41, 5.74) is 9.37. The Morgan fingerprint density at radius 2 is 1.76 bits per heavy atom. The number of hydrogen-bond acceptors (Lipinski definition) is 9. The van der Waals surface area contributed by atoms with Gasteiger partial charge in [0.2, 0.25) is 5.78 Å². The minimum absolute atomic E-state index is 0.00388. The number of hydrogen-bond donors (Lipinski definition) is 2. The van der Waals surface area contributed by atoms with Crippen LogP contribution in [-0.2, 0) is 18.3 Å². The average Bonchev–Trinajstić information content (AvgIpc) is 2.79. The molecular weight excluding hydrogens is 434 g/mol. The van der Waals surface area contributed by atoms with Crippen molar-refractivity contribution in [3.8, 4) is 0 Å². The number of nitrogens with zero attached hydrogens (tertiary/aromatic N) is 3. The van der Waals surface area contributed by atoms with Gasteiger partial charge in [0.05, 0.1) is 17.0 Å². The summed E-state index contributed by atoms with van der Waals surface area (Å²) in [4.78, 5) is 60.4. The maximum atomic E-state index is 12.7. The van der Waals surface area contributed by atoms with E-state index in [-0.39, 0.29) is 23.6 Å². The van der Waals surface area contributed by atoms with Crippen LogP contribution < -0.4 is 22.7 Å². The molecule has 1 aromatic heterocycles. The summed E-state index contributed by atoms with van der Waals surface area (Å²) in [5, 5.41) is 10.9. The Bertz CT molecular complexity index is 1380. The molecule has 33 heavy (non-hydrogen) atoms. The molecule has 0 saturated carbocycles. The van der Waals surface area contributed by atoms with Crippen molar-refractivity contribution in [2.75, 3.05) is 18.1 Å². The topological polar surface area (TPSA) is 183 Å². The molecule has 0 spiro atoms. The van der Waals surface area contributed by atoms with Gasteiger partial charge in [-0.1, -0.05) is 30.3 Å². The molecule has 0 saturated heterocycles. The highest BCUT2D eigenvalue weighted by Gasteiger charge is 2.24. The second kappa shape index (κ2) is 9.18. The van der Waals surface area contributed by atoms with Crippen molar-refractivity contribution in [2.24, 2.45) is 7.05 Å². The fourth-order valence-electron chi connectivity index (χ4n) is 3.08. The smallest absolute Gasteiger partial charge is 0.340 e. The molecule has 0 aliphatic carbocycles. The first kappa shape index (κ1) is 22.9. The van der Waals surface area contributed by atoms with Crippen LogP contribution in [0.15, 0.2) is 58.1 Å². The van der Waals surface area contributed by atoms with Gasteiger partial charge in [-0.2, -0.15) is 0 Å².